The topological polar surface area (TPSA) is 72.1 Å². The van der Waals surface area contributed by atoms with Crippen molar-refractivity contribution in [3.05, 3.63) is 52.6 Å². The average molecular weight is 368 g/mol. The van der Waals surface area contributed by atoms with Crippen LogP contribution in [0.4, 0.5) is 0 Å². The molecule has 26 heavy (non-hydrogen) atoms. The van der Waals surface area contributed by atoms with Crippen LogP contribution >= 0.6 is 11.3 Å². The third kappa shape index (κ3) is 3.83. The van der Waals surface area contributed by atoms with Gasteiger partial charge in [-0.1, -0.05) is 17.3 Å². The van der Waals surface area contributed by atoms with E-state index in [1.165, 1.54) is 11.3 Å². The van der Waals surface area contributed by atoms with E-state index in [2.05, 4.69) is 15.1 Å². The van der Waals surface area contributed by atoms with Crippen molar-refractivity contribution in [1.82, 2.24) is 20.0 Å². The zero-order chi connectivity index (χ0) is 17.8. The molecule has 1 unspecified atom stereocenters. The van der Waals surface area contributed by atoms with Crippen LogP contribution in [0.25, 0.3) is 11.6 Å². The van der Waals surface area contributed by atoms with Crippen LogP contribution in [0.3, 0.4) is 0 Å². The van der Waals surface area contributed by atoms with E-state index in [-0.39, 0.29) is 5.91 Å². The Morgan fingerprint density at radius 3 is 3.08 bits per heavy atom. The van der Waals surface area contributed by atoms with E-state index >= 15 is 0 Å². The third-order valence-electron chi connectivity index (χ3n) is 4.67. The summed E-state index contributed by atoms with van der Waals surface area (Å²) < 4.78 is 5.31. The van der Waals surface area contributed by atoms with E-state index in [1.54, 1.807) is 6.20 Å². The fourth-order valence-corrected chi connectivity index (χ4v) is 4.01. The molecular weight excluding hydrogens is 348 g/mol. The number of amides is 1. The highest BCUT2D eigenvalue weighted by Crippen LogP contribution is 2.24. The van der Waals surface area contributed by atoms with Gasteiger partial charge in [0.05, 0.1) is 4.88 Å². The molecule has 1 aliphatic heterocycles. The number of pyridine rings is 1. The molecule has 1 atom stereocenters. The first-order chi connectivity index (χ1) is 12.8. The van der Waals surface area contributed by atoms with Crippen LogP contribution in [0.15, 0.2) is 46.4 Å². The molecule has 0 aromatic carbocycles. The second-order valence-corrected chi connectivity index (χ2v) is 7.45. The number of piperidine rings is 1. The van der Waals surface area contributed by atoms with Gasteiger partial charge in [-0.25, -0.2) is 0 Å². The summed E-state index contributed by atoms with van der Waals surface area (Å²) in [5.74, 6) is 1.79. The summed E-state index contributed by atoms with van der Waals surface area (Å²) in [7, 11) is 0. The molecule has 7 heteroatoms. The van der Waals surface area contributed by atoms with Crippen molar-refractivity contribution in [1.29, 1.82) is 0 Å². The lowest BCUT2D eigenvalue weighted by molar-refractivity contribution is 0.0673. The van der Waals surface area contributed by atoms with Gasteiger partial charge < -0.3 is 9.42 Å². The van der Waals surface area contributed by atoms with Gasteiger partial charge in [0.1, 0.15) is 5.69 Å². The number of aromatic nitrogens is 3. The van der Waals surface area contributed by atoms with E-state index in [0.29, 0.717) is 23.3 Å². The molecule has 0 N–H and O–H groups in total. The maximum atomic E-state index is 12.5. The Labute approximate surface area is 155 Å². The Morgan fingerprint density at radius 2 is 2.27 bits per heavy atom. The highest BCUT2D eigenvalue weighted by atomic mass is 32.1. The fraction of sp³-hybridized carbons (Fsp3) is 0.368. The van der Waals surface area contributed by atoms with Gasteiger partial charge in [-0.05, 0) is 48.8 Å². The first-order valence-corrected chi connectivity index (χ1v) is 9.74. The van der Waals surface area contributed by atoms with Crippen molar-refractivity contribution in [2.75, 3.05) is 13.1 Å². The summed E-state index contributed by atoms with van der Waals surface area (Å²) in [6.45, 7) is 1.65. The second kappa shape index (κ2) is 7.78. The summed E-state index contributed by atoms with van der Waals surface area (Å²) in [6, 6.07) is 9.43. The van der Waals surface area contributed by atoms with Gasteiger partial charge in [0, 0.05) is 25.7 Å². The van der Waals surface area contributed by atoms with Crippen molar-refractivity contribution in [2.45, 2.75) is 25.7 Å². The van der Waals surface area contributed by atoms with Crippen molar-refractivity contribution in [3.8, 4) is 11.6 Å². The van der Waals surface area contributed by atoms with Crippen LogP contribution in [-0.2, 0) is 6.42 Å². The van der Waals surface area contributed by atoms with Gasteiger partial charge >= 0.3 is 0 Å². The smallest absolute Gasteiger partial charge is 0.276 e. The largest absolute Gasteiger partial charge is 0.338 e. The molecule has 6 nitrogen and oxygen atoms in total. The third-order valence-corrected chi connectivity index (χ3v) is 5.52. The average Bonchev–Trinajstić information content (AvgIpc) is 3.39. The summed E-state index contributed by atoms with van der Waals surface area (Å²) in [5.41, 5.74) is 0.691. The molecule has 0 bridgehead atoms. The van der Waals surface area contributed by atoms with Crippen LogP contribution in [0.5, 0.6) is 0 Å². The lowest BCUT2D eigenvalue weighted by Gasteiger charge is -2.32. The van der Waals surface area contributed by atoms with E-state index in [0.717, 1.165) is 43.6 Å². The molecule has 0 radical (unpaired) electrons. The SMILES string of the molecule is O=C(c1cccs1)N1CCCC(CCc2noc(-c3ccccn3)n2)C1. The molecule has 4 rings (SSSR count). The molecule has 0 spiro atoms. The predicted octanol–water partition coefficient (Wildman–Crippen LogP) is 3.68. The fourth-order valence-electron chi connectivity index (χ4n) is 3.32. The van der Waals surface area contributed by atoms with Gasteiger partial charge in [0.15, 0.2) is 5.82 Å². The van der Waals surface area contributed by atoms with Crippen molar-refractivity contribution < 1.29 is 9.32 Å². The summed E-state index contributed by atoms with van der Waals surface area (Å²) >= 11 is 1.51. The molecule has 134 valence electrons. The molecule has 1 saturated heterocycles. The van der Waals surface area contributed by atoms with Crippen LogP contribution < -0.4 is 0 Å². The minimum absolute atomic E-state index is 0.154. The quantitative estimate of drug-likeness (QED) is 0.687. The molecule has 1 aliphatic rings. The first kappa shape index (κ1) is 16.9. The Balaban J connectivity index is 1.33. The van der Waals surface area contributed by atoms with Gasteiger partial charge in [-0.3, -0.25) is 9.78 Å². The zero-order valence-electron chi connectivity index (χ0n) is 14.4. The van der Waals surface area contributed by atoms with Gasteiger partial charge in [-0.15, -0.1) is 11.3 Å². The Morgan fingerprint density at radius 1 is 1.31 bits per heavy atom. The maximum Gasteiger partial charge on any atom is 0.276 e. The highest BCUT2D eigenvalue weighted by molar-refractivity contribution is 7.12. The maximum absolute atomic E-state index is 12.5. The number of nitrogens with zero attached hydrogens (tertiary/aromatic N) is 4. The van der Waals surface area contributed by atoms with E-state index < -0.39 is 0 Å². The predicted molar refractivity (Wildman–Crippen MR) is 98.8 cm³/mol. The van der Waals surface area contributed by atoms with E-state index in [1.807, 2.05) is 40.6 Å². The number of thiophene rings is 1. The molecule has 1 amide bonds. The molecule has 4 heterocycles. The van der Waals surface area contributed by atoms with Crippen molar-refractivity contribution in [2.24, 2.45) is 5.92 Å². The van der Waals surface area contributed by atoms with Crippen LogP contribution in [-0.4, -0.2) is 39.0 Å². The standard InChI is InChI=1S/C19H20N4O2S/c24-19(16-7-4-12-26-16)23-11-3-5-14(13-23)8-9-17-21-18(25-22-17)15-6-1-2-10-20-15/h1-2,4,6-7,10,12,14H,3,5,8-9,11,13H2. The molecule has 3 aromatic heterocycles. The van der Waals surface area contributed by atoms with E-state index in [9.17, 15) is 4.79 Å². The number of hydrogen-bond acceptors (Lipinski definition) is 6. The minimum atomic E-state index is 0.154. The summed E-state index contributed by atoms with van der Waals surface area (Å²) in [5, 5.41) is 6.02. The van der Waals surface area contributed by atoms with Gasteiger partial charge in [0.25, 0.3) is 11.8 Å². The van der Waals surface area contributed by atoms with Crippen molar-refractivity contribution >= 4 is 17.2 Å². The van der Waals surface area contributed by atoms with Crippen LogP contribution in [0, 0.1) is 5.92 Å². The van der Waals surface area contributed by atoms with Crippen LogP contribution in [0.1, 0.15) is 34.8 Å². The number of rotatable bonds is 5. The summed E-state index contributed by atoms with van der Waals surface area (Å²) in [6.07, 6.45) is 5.60. The normalized spacial score (nSPS) is 17.4. The van der Waals surface area contributed by atoms with Gasteiger partial charge in [-0.2, -0.15) is 4.98 Å². The molecular formula is C19H20N4O2S. The number of aryl methyl sites for hydroxylation is 1. The van der Waals surface area contributed by atoms with Gasteiger partial charge in [0.2, 0.25) is 0 Å². The number of carbonyl (C=O) groups is 1. The first-order valence-electron chi connectivity index (χ1n) is 8.86. The lowest BCUT2D eigenvalue weighted by atomic mass is 9.93. The number of likely N-dealkylation sites (tertiary alicyclic amines) is 1. The second-order valence-electron chi connectivity index (χ2n) is 6.51. The molecule has 0 saturated carbocycles. The summed E-state index contributed by atoms with van der Waals surface area (Å²) in [4.78, 5) is 24.0. The number of carbonyl (C=O) groups excluding carboxylic acids is 1. The van der Waals surface area contributed by atoms with E-state index in [4.69, 9.17) is 4.52 Å². The monoisotopic (exact) mass is 368 g/mol. The number of hydrogen-bond donors (Lipinski definition) is 0. The van der Waals surface area contributed by atoms with Crippen LogP contribution in [0.2, 0.25) is 0 Å². The molecule has 0 aliphatic carbocycles. The Bertz CT molecular complexity index is 848. The Hall–Kier alpha value is -2.54. The highest BCUT2D eigenvalue weighted by Gasteiger charge is 2.25. The molecule has 1 fully saturated rings. The Kier molecular flexibility index (Phi) is 5.06. The zero-order valence-corrected chi connectivity index (χ0v) is 15.2. The molecule has 3 aromatic rings. The minimum Gasteiger partial charge on any atom is -0.338 e. The van der Waals surface area contributed by atoms with Crippen molar-refractivity contribution in [3.63, 3.8) is 0 Å². The lowest BCUT2D eigenvalue weighted by Crippen LogP contribution is -2.39.